The van der Waals surface area contributed by atoms with Gasteiger partial charge in [0.2, 0.25) is 0 Å². The van der Waals surface area contributed by atoms with Crippen molar-refractivity contribution in [1.29, 1.82) is 0 Å². The maximum Gasteiger partial charge on any atom is 0.296 e. The molecule has 0 aliphatic rings. The topological polar surface area (TPSA) is 99.9 Å². The first-order chi connectivity index (χ1) is 12.0. The second-order valence-corrected chi connectivity index (χ2v) is 4.86. The summed E-state index contributed by atoms with van der Waals surface area (Å²) in [4.78, 5) is 22.6. The molecule has 132 valence electrons. The summed E-state index contributed by atoms with van der Waals surface area (Å²) in [6.07, 6.45) is 0. The lowest BCUT2D eigenvalue weighted by Crippen LogP contribution is -2.21. The molecule has 0 heterocycles. The molecule has 25 heavy (non-hydrogen) atoms. The number of benzene rings is 2. The smallest absolute Gasteiger partial charge is 0.296 e. The Bertz CT molecular complexity index is 763. The minimum Gasteiger partial charge on any atom is -0.496 e. The Morgan fingerprint density at radius 1 is 1.16 bits per heavy atom. The standard InChI is InChI=1S/C17H18N2O6/c1-3-24-15-6-4-5-7-16(15)25-11-17(20)18-13-9-8-12(23-2)10-14(13)19(21)22/h4-10H,3,11H2,1-2H3,(H,18,20). The summed E-state index contributed by atoms with van der Waals surface area (Å²) in [6.45, 7) is 1.99. The van der Waals surface area contributed by atoms with Gasteiger partial charge in [0.05, 0.1) is 24.7 Å². The molecular formula is C17H18N2O6. The zero-order chi connectivity index (χ0) is 18.2. The molecule has 0 aliphatic carbocycles. The van der Waals surface area contributed by atoms with Crippen molar-refractivity contribution < 1.29 is 23.9 Å². The predicted molar refractivity (Wildman–Crippen MR) is 91.4 cm³/mol. The summed E-state index contributed by atoms with van der Waals surface area (Å²) in [6, 6.07) is 11.1. The van der Waals surface area contributed by atoms with E-state index in [0.717, 1.165) is 0 Å². The van der Waals surface area contributed by atoms with E-state index in [-0.39, 0.29) is 18.0 Å². The van der Waals surface area contributed by atoms with Gasteiger partial charge in [-0.2, -0.15) is 0 Å². The van der Waals surface area contributed by atoms with Gasteiger partial charge in [0.15, 0.2) is 18.1 Å². The van der Waals surface area contributed by atoms with Gasteiger partial charge in [-0.15, -0.1) is 0 Å². The van der Waals surface area contributed by atoms with E-state index in [4.69, 9.17) is 14.2 Å². The van der Waals surface area contributed by atoms with Gasteiger partial charge in [-0.05, 0) is 31.2 Å². The van der Waals surface area contributed by atoms with Gasteiger partial charge >= 0.3 is 0 Å². The highest BCUT2D eigenvalue weighted by molar-refractivity contribution is 5.94. The van der Waals surface area contributed by atoms with Gasteiger partial charge in [0.1, 0.15) is 11.4 Å². The first kappa shape index (κ1) is 18.1. The minimum atomic E-state index is -0.594. The van der Waals surface area contributed by atoms with Crippen LogP contribution in [-0.4, -0.2) is 31.2 Å². The molecule has 0 bridgehead atoms. The summed E-state index contributed by atoms with van der Waals surface area (Å²) in [7, 11) is 1.40. The van der Waals surface area contributed by atoms with Gasteiger partial charge < -0.3 is 19.5 Å². The molecule has 1 amide bonds. The Balaban J connectivity index is 2.05. The van der Waals surface area contributed by atoms with Crippen molar-refractivity contribution in [3.63, 3.8) is 0 Å². The molecule has 0 spiro atoms. The lowest BCUT2D eigenvalue weighted by atomic mass is 10.2. The number of carbonyl (C=O) groups excluding carboxylic acids is 1. The van der Waals surface area contributed by atoms with Crippen molar-refractivity contribution in [2.75, 3.05) is 25.6 Å². The van der Waals surface area contributed by atoms with E-state index in [0.29, 0.717) is 23.9 Å². The Hall–Kier alpha value is -3.29. The maximum atomic E-state index is 12.1. The molecule has 8 nitrogen and oxygen atoms in total. The molecule has 0 atom stereocenters. The number of nitro benzene ring substituents is 1. The fraction of sp³-hybridized carbons (Fsp3) is 0.235. The Morgan fingerprint density at radius 3 is 2.44 bits per heavy atom. The van der Waals surface area contributed by atoms with Crippen molar-refractivity contribution >= 4 is 17.3 Å². The van der Waals surface area contributed by atoms with Crippen LogP contribution in [-0.2, 0) is 4.79 Å². The Kier molecular flexibility index (Phi) is 6.16. The van der Waals surface area contributed by atoms with Crippen molar-refractivity contribution in [1.82, 2.24) is 0 Å². The molecule has 0 saturated heterocycles. The van der Waals surface area contributed by atoms with E-state index in [1.54, 1.807) is 24.3 Å². The molecule has 0 saturated carbocycles. The van der Waals surface area contributed by atoms with Crippen LogP contribution in [0.3, 0.4) is 0 Å². The zero-order valence-corrected chi connectivity index (χ0v) is 13.9. The fourth-order valence-electron chi connectivity index (χ4n) is 2.07. The highest BCUT2D eigenvalue weighted by Crippen LogP contribution is 2.29. The zero-order valence-electron chi connectivity index (χ0n) is 13.9. The first-order valence-electron chi connectivity index (χ1n) is 7.52. The van der Waals surface area contributed by atoms with Crippen LogP contribution >= 0.6 is 0 Å². The van der Waals surface area contributed by atoms with E-state index in [2.05, 4.69) is 5.32 Å². The van der Waals surface area contributed by atoms with Crippen molar-refractivity contribution in [3.05, 3.63) is 52.6 Å². The van der Waals surface area contributed by atoms with Crippen molar-refractivity contribution in [3.8, 4) is 17.2 Å². The normalized spacial score (nSPS) is 10.0. The van der Waals surface area contributed by atoms with Gasteiger partial charge in [0.25, 0.3) is 11.6 Å². The number of ether oxygens (including phenoxy) is 3. The Morgan fingerprint density at radius 2 is 1.84 bits per heavy atom. The van der Waals surface area contributed by atoms with E-state index < -0.39 is 10.8 Å². The number of hydrogen-bond acceptors (Lipinski definition) is 6. The number of rotatable bonds is 8. The van der Waals surface area contributed by atoms with Crippen LogP contribution in [0, 0.1) is 10.1 Å². The number of nitrogens with one attached hydrogen (secondary N) is 1. The summed E-state index contributed by atoms with van der Waals surface area (Å²) in [5, 5.41) is 13.6. The maximum absolute atomic E-state index is 12.1. The number of nitrogens with zero attached hydrogens (tertiary/aromatic N) is 1. The lowest BCUT2D eigenvalue weighted by molar-refractivity contribution is -0.384. The van der Waals surface area contributed by atoms with Crippen LogP contribution in [0.4, 0.5) is 11.4 Å². The van der Waals surface area contributed by atoms with Crippen LogP contribution in [0.15, 0.2) is 42.5 Å². The summed E-state index contributed by atoms with van der Waals surface area (Å²) in [5.41, 5.74) is -0.195. The summed E-state index contributed by atoms with van der Waals surface area (Å²) >= 11 is 0. The molecule has 2 aromatic carbocycles. The summed E-state index contributed by atoms with van der Waals surface area (Å²) < 4.78 is 15.8. The predicted octanol–water partition coefficient (Wildman–Crippen LogP) is 3.02. The van der Waals surface area contributed by atoms with Gasteiger partial charge in [0, 0.05) is 0 Å². The van der Waals surface area contributed by atoms with E-state index in [1.807, 2.05) is 6.92 Å². The average Bonchev–Trinajstić information content (AvgIpc) is 2.61. The monoisotopic (exact) mass is 346 g/mol. The fourth-order valence-corrected chi connectivity index (χ4v) is 2.07. The van der Waals surface area contributed by atoms with Crippen LogP contribution < -0.4 is 19.5 Å². The van der Waals surface area contributed by atoms with Crippen molar-refractivity contribution in [2.45, 2.75) is 6.92 Å². The molecule has 0 unspecified atom stereocenters. The van der Waals surface area contributed by atoms with Gasteiger partial charge in [-0.1, -0.05) is 12.1 Å². The van der Waals surface area contributed by atoms with E-state index in [1.165, 1.54) is 25.3 Å². The largest absolute Gasteiger partial charge is 0.496 e. The molecule has 2 aromatic rings. The van der Waals surface area contributed by atoms with E-state index >= 15 is 0 Å². The molecular weight excluding hydrogens is 328 g/mol. The van der Waals surface area contributed by atoms with E-state index in [9.17, 15) is 14.9 Å². The first-order valence-corrected chi connectivity index (χ1v) is 7.52. The quantitative estimate of drug-likeness (QED) is 0.582. The second-order valence-electron chi connectivity index (χ2n) is 4.86. The van der Waals surface area contributed by atoms with Crippen molar-refractivity contribution in [2.24, 2.45) is 0 Å². The highest BCUT2D eigenvalue weighted by Gasteiger charge is 2.17. The SMILES string of the molecule is CCOc1ccccc1OCC(=O)Nc1ccc(OC)cc1[N+](=O)[O-]. The number of nitro groups is 1. The molecule has 0 aliphatic heterocycles. The third-order valence-electron chi connectivity index (χ3n) is 3.18. The minimum absolute atomic E-state index is 0.0671. The molecule has 2 rings (SSSR count). The molecule has 0 aromatic heterocycles. The second kappa shape index (κ2) is 8.53. The molecule has 8 heteroatoms. The number of carbonyl (C=O) groups is 1. The van der Waals surface area contributed by atoms with Crippen LogP contribution in [0.2, 0.25) is 0 Å². The third-order valence-corrected chi connectivity index (χ3v) is 3.18. The molecule has 1 N–H and O–H groups in total. The Labute approximate surface area is 144 Å². The number of hydrogen-bond donors (Lipinski definition) is 1. The summed E-state index contributed by atoms with van der Waals surface area (Å²) in [5.74, 6) is 0.739. The number of methoxy groups -OCH3 is 1. The number of amides is 1. The third kappa shape index (κ3) is 4.84. The average molecular weight is 346 g/mol. The van der Waals surface area contributed by atoms with Crippen LogP contribution in [0.1, 0.15) is 6.92 Å². The van der Waals surface area contributed by atoms with Gasteiger partial charge in [-0.3, -0.25) is 14.9 Å². The molecule has 0 fully saturated rings. The van der Waals surface area contributed by atoms with Gasteiger partial charge in [-0.25, -0.2) is 0 Å². The highest BCUT2D eigenvalue weighted by atomic mass is 16.6. The van der Waals surface area contributed by atoms with Crippen LogP contribution in [0.5, 0.6) is 17.2 Å². The molecule has 0 radical (unpaired) electrons. The number of para-hydroxylation sites is 2. The number of anilines is 1. The lowest BCUT2D eigenvalue weighted by Gasteiger charge is -2.12. The van der Waals surface area contributed by atoms with Crippen LogP contribution in [0.25, 0.3) is 0 Å².